The molecule has 0 spiro atoms. The molecule has 1 fully saturated rings. The Morgan fingerprint density at radius 2 is 2.14 bits per heavy atom. The van der Waals surface area contributed by atoms with E-state index < -0.39 is 11.5 Å². The third kappa shape index (κ3) is 5.24. The summed E-state index contributed by atoms with van der Waals surface area (Å²) < 4.78 is 0. The zero-order valence-corrected chi connectivity index (χ0v) is 14.2. The summed E-state index contributed by atoms with van der Waals surface area (Å²) in [5, 5.41) is 12.7. The zero-order valence-electron chi connectivity index (χ0n) is 14.2. The van der Waals surface area contributed by atoms with Crippen LogP contribution in [0.1, 0.15) is 46.0 Å². The molecule has 2 N–H and O–H groups in total. The van der Waals surface area contributed by atoms with E-state index in [9.17, 15) is 9.90 Å². The molecule has 1 aliphatic heterocycles. The van der Waals surface area contributed by atoms with Crippen LogP contribution < -0.4 is 5.32 Å². The minimum absolute atomic E-state index is 0.636. The summed E-state index contributed by atoms with van der Waals surface area (Å²) in [6.45, 7) is 7.91. The smallest absolute Gasteiger partial charge is 0.323 e. The maximum Gasteiger partial charge on any atom is 0.323 e. The predicted molar refractivity (Wildman–Crippen MR) is 86.7 cm³/mol. The third-order valence-electron chi connectivity index (χ3n) is 4.65. The minimum Gasteiger partial charge on any atom is -0.480 e. The van der Waals surface area contributed by atoms with Crippen molar-refractivity contribution in [1.82, 2.24) is 15.1 Å². The van der Waals surface area contributed by atoms with Crippen LogP contribution in [0.25, 0.3) is 0 Å². The summed E-state index contributed by atoms with van der Waals surface area (Å²) >= 11 is 0. The van der Waals surface area contributed by atoms with Gasteiger partial charge >= 0.3 is 5.97 Å². The first kappa shape index (κ1) is 18.4. The Balaban J connectivity index is 2.48. The van der Waals surface area contributed by atoms with Crippen LogP contribution in [-0.2, 0) is 4.79 Å². The van der Waals surface area contributed by atoms with Crippen molar-refractivity contribution in [2.45, 2.75) is 57.5 Å². The monoisotopic (exact) mass is 299 g/mol. The molecule has 1 saturated heterocycles. The van der Waals surface area contributed by atoms with Crippen LogP contribution in [0.4, 0.5) is 0 Å². The molecular weight excluding hydrogens is 266 g/mol. The van der Waals surface area contributed by atoms with Crippen LogP contribution in [0.15, 0.2) is 0 Å². The molecule has 21 heavy (non-hydrogen) atoms. The molecule has 0 saturated carbocycles. The van der Waals surface area contributed by atoms with E-state index in [4.69, 9.17) is 0 Å². The highest BCUT2D eigenvalue weighted by atomic mass is 16.4. The molecule has 1 rings (SSSR count). The summed E-state index contributed by atoms with van der Waals surface area (Å²) in [6.07, 6.45) is 4.82. The van der Waals surface area contributed by atoms with Gasteiger partial charge in [-0.2, -0.15) is 0 Å². The molecule has 0 aromatic heterocycles. The van der Waals surface area contributed by atoms with Gasteiger partial charge in [0.2, 0.25) is 0 Å². The van der Waals surface area contributed by atoms with E-state index in [1.165, 1.54) is 12.8 Å². The lowest BCUT2D eigenvalue weighted by molar-refractivity contribution is -0.145. The van der Waals surface area contributed by atoms with Gasteiger partial charge in [0.1, 0.15) is 5.54 Å². The number of carboxylic acid groups (broad SMARTS) is 1. The van der Waals surface area contributed by atoms with E-state index in [1.807, 2.05) is 13.8 Å². The largest absolute Gasteiger partial charge is 0.480 e. The number of rotatable bonds is 10. The first-order valence-electron chi connectivity index (χ1n) is 8.32. The summed E-state index contributed by atoms with van der Waals surface area (Å²) in [4.78, 5) is 16.4. The van der Waals surface area contributed by atoms with Gasteiger partial charge in [0.15, 0.2) is 0 Å². The van der Waals surface area contributed by atoms with Gasteiger partial charge in [0, 0.05) is 12.6 Å². The number of aliphatic carboxylic acids is 1. The Hall–Kier alpha value is -0.650. The summed E-state index contributed by atoms with van der Waals surface area (Å²) in [7, 11) is 4.24. The molecule has 2 unspecified atom stereocenters. The molecule has 0 radical (unpaired) electrons. The zero-order chi connectivity index (χ0) is 15.9. The van der Waals surface area contributed by atoms with Crippen LogP contribution in [0.2, 0.25) is 0 Å². The Labute approximate surface area is 129 Å². The molecule has 5 heteroatoms. The fraction of sp³-hybridized carbons (Fsp3) is 0.938. The molecule has 1 heterocycles. The lowest BCUT2D eigenvalue weighted by atomic mass is 9.90. The number of carbonyl (C=O) groups is 1. The molecule has 0 aromatic rings. The quantitative estimate of drug-likeness (QED) is 0.642. The fourth-order valence-corrected chi connectivity index (χ4v) is 3.46. The molecule has 0 amide bonds. The number of likely N-dealkylation sites (tertiary alicyclic amines) is 1. The third-order valence-corrected chi connectivity index (χ3v) is 4.65. The van der Waals surface area contributed by atoms with E-state index in [2.05, 4.69) is 29.2 Å². The van der Waals surface area contributed by atoms with Gasteiger partial charge in [-0.1, -0.05) is 13.8 Å². The van der Waals surface area contributed by atoms with Crippen LogP contribution in [-0.4, -0.2) is 72.7 Å². The number of likely N-dealkylation sites (N-methyl/N-ethyl adjacent to an activating group) is 2. The van der Waals surface area contributed by atoms with Gasteiger partial charge in [0.25, 0.3) is 0 Å². The van der Waals surface area contributed by atoms with Crippen molar-refractivity contribution in [2.24, 2.45) is 0 Å². The van der Waals surface area contributed by atoms with Crippen molar-refractivity contribution >= 4 is 5.97 Å². The van der Waals surface area contributed by atoms with E-state index in [-0.39, 0.29) is 0 Å². The fourth-order valence-electron chi connectivity index (χ4n) is 3.46. The highest BCUT2D eigenvalue weighted by molar-refractivity contribution is 5.78. The molecular formula is C16H33N3O2. The van der Waals surface area contributed by atoms with Gasteiger partial charge in [-0.25, -0.2) is 0 Å². The van der Waals surface area contributed by atoms with E-state index in [0.717, 1.165) is 26.1 Å². The van der Waals surface area contributed by atoms with Crippen LogP contribution in [0.3, 0.4) is 0 Å². The van der Waals surface area contributed by atoms with Crippen molar-refractivity contribution in [2.75, 3.05) is 40.3 Å². The molecule has 0 aliphatic carbocycles. The van der Waals surface area contributed by atoms with Crippen molar-refractivity contribution < 1.29 is 9.90 Å². The highest BCUT2D eigenvalue weighted by Gasteiger charge is 2.35. The average molecular weight is 299 g/mol. The van der Waals surface area contributed by atoms with E-state index in [0.29, 0.717) is 25.4 Å². The number of nitrogens with one attached hydrogen (secondary N) is 1. The van der Waals surface area contributed by atoms with Crippen LogP contribution in [0, 0.1) is 0 Å². The number of hydrogen-bond acceptors (Lipinski definition) is 4. The second-order valence-electron chi connectivity index (χ2n) is 6.47. The topological polar surface area (TPSA) is 55.8 Å². The number of hydrogen-bond donors (Lipinski definition) is 2. The predicted octanol–water partition coefficient (Wildman–Crippen LogP) is 1.64. The van der Waals surface area contributed by atoms with Crippen molar-refractivity contribution in [3.63, 3.8) is 0 Å². The molecule has 2 atom stereocenters. The second-order valence-corrected chi connectivity index (χ2v) is 6.47. The van der Waals surface area contributed by atoms with Crippen molar-refractivity contribution in [3.8, 4) is 0 Å². The Morgan fingerprint density at radius 1 is 1.43 bits per heavy atom. The standard InChI is InChI=1S/C16H33N3O2/c1-5-16(15(20)21,17-6-2)10-8-12-19-11-7-9-14(19)13-18(3)4/h14,17H,5-13H2,1-4H3,(H,20,21). The normalized spacial score (nSPS) is 22.6. The first-order chi connectivity index (χ1) is 9.95. The SMILES string of the molecule is CCNC(CC)(CCCN1CCCC1CN(C)C)C(=O)O. The highest BCUT2D eigenvalue weighted by Crippen LogP contribution is 2.22. The average Bonchev–Trinajstić information content (AvgIpc) is 2.84. The molecule has 0 bridgehead atoms. The molecule has 124 valence electrons. The molecule has 1 aliphatic rings. The Bertz CT molecular complexity index is 323. The Kier molecular flexibility index (Phi) is 7.63. The van der Waals surface area contributed by atoms with Crippen LogP contribution >= 0.6 is 0 Å². The van der Waals surface area contributed by atoms with Gasteiger partial charge in [0.05, 0.1) is 0 Å². The maximum absolute atomic E-state index is 11.6. The van der Waals surface area contributed by atoms with Crippen LogP contribution in [0.5, 0.6) is 0 Å². The second kappa shape index (κ2) is 8.71. The van der Waals surface area contributed by atoms with Gasteiger partial charge in [-0.05, 0) is 65.8 Å². The summed E-state index contributed by atoms with van der Waals surface area (Å²) in [5.41, 5.74) is -0.745. The maximum atomic E-state index is 11.6. The minimum atomic E-state index is -0.745. The lowest BCUT2D eigenvalue weighted by Gasteiger charge is -2.31. The summed E-state index contributed by atoms with van der Waals surface area (Å²) in [5.74, 6) is -0.710. The summed E-state index contributed by atoms with van der Waals surface area (Å²) in [6, 6.07) is 0.639. The molecule has 5 nitrogen and oxygen atoms in total. The van der Waals surface area contributed by atoms with Crippen molar-refractivity contribution in [1.29, 1.82) is 0 Å². The molecule has 0 aromatic carbocycles. The van der Waals surface area contributed by atoms with Crippen molar-refractivity contribution in [3.05, 3.63) is 0 Å². The van der Waals surface area contributed by atoms with Gasteiger partial charge < -0.3 is 15.3 Å². The van der Waals surface area contributed by atoms with Gasteiger partial charge in [-0.3, -0.25) is 9.69 Å². The number of nitrogens with zero attached hydrogens (tertiary/aromatic N) is 2. The first-order valence-corrected chi connectivity index (χ1v) is 8.32. The number of carboxylic acids is 1. The van der Waals surface area contributed by atoms with Gasteiger partial charge in [-0.15, -0.1) is 0 Å². The lowest BCUT2D eigenvalue weighted by Crippen LogP contribution is -2.52. The van der Waals surface area contributed by atoms with E-state index in [1.54, 1.807) is 0 Å². The Morgan fingerprint density at radius 3 is 2.67 bits per heavy atom. The van der Waals surface area contributed by atoms with E-state index >= 15 is 0 Å².